The van der Waals surface area contributed by atoms with Crippen LogP contribution in [0.15, 0.2) is 90.5 Å². The topological polar surface area (TPSA) is 37.4 Å². The third-order valence-electron chi connectivity index (χ3n) is 10.1. The maximum absolute atomic E-state index is 17.2. The number of fused-ring (bicyclic) bond motifs is 2. The van der Waals surface area contributed by atoms with Gasteiger partial charge in [0, 0.05) is 44.5 Å². The first kappa shape index (κ1) is 25.5. The van der Waals surface area contributed by atoms with Crippen LogP contribution in [0.1, 0.15) is 80.4 Å². The van der Waals surface area contributed by atoms with Crippen molar-refractivity contribution in [3.05, 3.63) is 141 Å². The molecule has 2 unspecified atom stereocenters. The minimum Gasteiger partial charge on any atom is -0.308 e. The molecule has 0 amide bonds. The first-order valence-electron chi connectivity index (χ1n) is 14.6. The van der Waals surface area contributed by atoms with Crippen LogP contribution in [0.5, 0.6) is 0 Å². The molecule has 0 radical (unpaired) electrons. The van der Waals surface area contributed by atoms with Gasteiger partial charge in [-0.15, -0.1) is 0 Å². The van der Waals surface area contributed by atoms with Gasteiger partial charge in [0.2, 0.25) is 0 Å². The molecule has 3 nitrogen and oxygen atoms in total. The second-order valence-corrected chi connectivity index (χ2v) is 12.7. The lowest BCUT2D eigenvalue weighted by Gasteiger charge is -2.52. The number of rotatable bonds is 1. The molecular weight excluding hydrogens is 559 g/mol. The van der Waals surface area contributed by atoms with Crippen LogP contribution in [0.2, 0.25) is 0 Å². The van der Waals surface area contributed by atoms with Crippen LogP contribution in [0.4, 0.5) is 30.2 Å². The first-order valence-corrected chi connectivity index (χ1v) is 14.6. The van der Waals surface area contributed by atoms with Crippen molar-refractivity contribution >= 4 is 45.5 Å². The van der Waals surface area contributed by atoms with Crippen molar-refractivity contribution < 1.29 is 22.8 Å². The summed E-state index contributed by atoms with van der Waals surface area (Å²) in [4.78, 5) is 28.9. The highest BCUT2D eigenvalue weighted by molar-refractivity contribution is 6.42. The van der Waals surface area contributed by atoms with E-state index in [1.54, 1.807) is 60.7 Å². The molecule has 44 heavy (non-hydrogen) atoms. The molecule has 0 N–H and O–H groups in total. The van der Waals surface area contributed by atoms with Gasteiger partial charge in [0.1, 0.15) is 0 Å². The number of nitrogens with zero attached hydrogens (tertiary/aromatic N) is 1. The zero-order valence-electron chi connectivity index (χ0n) is 24.1. The minimum absolute atomic E-state index is 0.0493. The Labute approximate surface area is 251 Å². The summed E-state index contributed by atoms with van der Waals surface area (Å²) in [5, 5.41) is 1.69. The quantitative estimate of drug-likeness (QED) is 0.146. The number of alkyl halides is 3. The summed E-state index contributed by atoms with van der Waals surface area (Å²) in [6.45, 7) is 4.25. The molecule has 0 bridgehead atoms. The van der Waals surface area contributed by atoms with Crippen LogP contribution in [-0.4, -0.2) is 11.6 Å². The van der Waals surface area contributed by atoms with E-state index in [2.05, 4.69) is 0 Å². The van der Waals surface area contributed by atoms with Gasteiger partial charge in [-0.2, -0.15) is 0 Å². The highest BCUT2D eigenvalue weighted by atomic mass is 19.2. The Morgan fingerprint density at radius 1 is 0.545 bits per heavy atom. The van der Waals surface area contributed by atoms with Crippen molar-refractivity contribution in [3.63, 3.8) is 0 Å². The summed E-state index contributed by atoms with van der Waals surface area (Å²) in [5.74, 6) is -0.840. The van der Waals surface area contributed by atoms with Crippen LogP contribution < -0.4 is 4.90 Å². The van der Waals surface area contributed by atoms with Gasteiger partial charge in [-0.1, -0.05) is 60.7 Å². The molecule has 9 rings (SSSR count). The fourth-order valence-electron chi connectivity index (χ4n) is 7.86. The largest absolute Gasteiger partial charge is 0.308 e. The third-order valence-corrected chi connectivity index (χ3v) is 10.1. The highest BCUT2D eigenvalue weighted by Gasteiger charge is 2.55. The standard InChI is InChI=1S/C38H24F3NO2/c1-36(39)25-10-6-12-27-31(25)42-32-26(36)11-7-13-28(32)38(3,41)30-16-19(15-29(33(30)42)37(27,2)40)14-24-34(43)22-17-20-8-4-5-9-21(20)18-23(22)35(24)44/h4-18H,1-3H3. The Balaban J connectivity index is 1.31. The Kier molecular flexibility index (Phi) is 4.50. The van der Waals surface area contributed by atoms with Crippen molar-refractivity contribution in [1.29, 1.82) is 0 Å². The number of carbonyl (C=O) groups excluding carboxylic acids is 2. The Morgan fingerprint density at radius 3 is 1.36 bits per heavy atom. The van der Waals surface area contributed by atoms with Gasteiger partial charge in [0.25, 0.3) is 0 Å². The van der Waals surface area contributed by atoms with Crippen molar-refractivity contribution in [2.24, 2.45) is 0 Å². The first-order chi connectivity index (χ1) is 20.9. The van der Waals surface area contributed by atoms with Crippen LogP contribution in [0, 0.1) is 0 Å². The van der Waals surface area contributed by atoms with E-state index in [4.69, 9.17) is 0 Å². The normalized spacial score (nSPS) is 25.3. The van der Waals surface area contributed by atoms with Crippen LogP contribution in [-0.2, 0) is 17.0 Å². The SMILES string of the molecule is CC1(F)c2cccc3c2N2c4c1cccc4C(C)(F)c1cc(C=C4C(=O)c5cc6ccccc6cc5C4=O)cc(c12)C3(C)F. The summed E-state index contributed by atoms with van der Waals surface area (Å²) in [5.41, 5.74) is -2.61. The third kappa shape index (κ3) is 2.84. The van der Waals surface area contributed by atoms with Crippen LogP contribution in [0.3, 0.4) is 0 Å². The van der Waals surface area contributed by atoms with Crippen molar-refractivity contribution in [3.8, 4) is 0 Å². The van der Waals surface area contributed by atoms with Gasteiger partial charge in [-0.3, -0.25) is 9.59 Å². The number of halogens is 3. The molecule has 5 aromatic rings. The predicted octanol–water partition coefficient (Wildman–Crippen LogP) is 9.41. The maximum Gasteiger partial charge on any atom is 0.197 e. The van der Waals surface area contributed by atoms with E-state index < -0.39 is 28.6 Å². The molecule has 3 aliphatic heterocycles. The number of anilines is 3. The average Bonchev–Trinajstić information content (AvgIpc) is 3.22. The number of para-hydroxylation sites is 2. The van der Waals surface area contributed by atoms with E-state index in [1.165, 1.54) is 26.8 Å². The summed E-state index contributed by atoms with van der Waals surface area (Å²) in [6, 6.07) is 24.0. The van der Waals surface area contributed by atoms with E-state index in [0.717, 1.165) is 10.8 Å². The van der Waals surface area contributed by atoms with Gasteiger partial charge >= 0.3 is 0 Å². The number of Topliss-reactive ketones (excluding diaryl/α,β-unsaturated/α-hetero) is 2. The van der Waals surface area contributed by atoms with Crippen LogP contribution in [0.25, 0.3) is 16.8 Å². The van der Waals surface area contributed by atoms with Gasteiger partial charge in [-0.25, -0.2) is 13.2 Å². The van der Waals surface area contributed by atoms with E-state index in [0.29, 0.717) is 44.9 Å². The van der Waals surface area contributed by atoms with E-state index >= 15 is 13.2 Å². The maximum atomic E-state index is 17.2. The molecule has 4 aliphatic rings. The number of benzene rings is 5. The van der Waals surface area contributed by atoms with Gasteiger partial charge in [0.05, 0.1) is 22.6 Å². The zero-order chi connectivity index (χ0) is 30.5. The number of carbonyl (C=O) groups is 2. The minimum atomic E-state index is -2.12. The fourth-order valence-corrected chi connectivity index (χ4v) is 7.86. The smallest absolute Gasteiger partial charge is 0.197 e. The molecular formula is C38H24F3NO2. The van der Waals surface area contributed by atoms with Gasteiger partial charge in [-0.05, 0) is 67.4 Å². The summed E-state index contributed by atoms with van der Waals surface area (Å²) < 4.78 is 51.2. The molecule has 0 saturated heterocycles. The second kappa shape index (κ2) is 7.75. The molecule has 6 heteroatoms. The number of allylic oxidation sites excluding steroid dienone is 1. The zero-order valence-corrected chi connectivity index (χ0v) is 24.1. The molecule has 0 fully saturated rings. The Hall–Kier alpha value is -4.97. The lowest BCUT2D eigenvalue weighted by molar-refractivity contribution is 0.0990. The summed E-state index contributed by atoms with van der Waals surface area (Å²) in [6.07, 6.45) is 1.45. The molecule has 2 atom stereocenters. The van der Waals surface area contributed by atoms with Gasteiger partial charge in [0.15, 0.2) is 28.6 Å². The number of hydrogen-bond acceptors (Lipinski definition) is 3. The monoisotopic (exact) mass is 583 g/mol. The van der Waals surface area contributed by atoms with E-state index in [-0.39, 0.29) is 27.8 Å². The second-order valence-electron chi connectivity index (χ2n) is 12.7. The van der Waals surface area contributed by atoms with Crippen LogP contribution >= 0.6 is 0 Å². The molecule has 214 valence electrons. The van der Waals surface area contributed by atoms with Crippen molar-refractivity contribution in [2.75, 3.05) is 4.90 Å². The lowest BCUT2D eigenvalue weighted by atomic mass is 9.69. The average molecular weight is 584 g/mol. The Morgan fingerprint density at radius 2 is 0.932 bits per heavy atom. The number of hydrogen-bond donors (Lipinski definition) is 0. The van der Waals surface area contributed by atoms with Gasteiger partial charge < -0.3 is 4.90 Å². The molecule has 3 heterocycles. The van der Waals surface area contributed by atoms with E-state index in [1.807, 2.05) is 29.2 Å². The predicted molar refractivity (Wildman–Crippen MR) is 164 cm³/mol. The highest BCUT2D eigenvalue weighted by Crippen LogP contribution is 2.66. The number of ketones is 2. The van der Waals surface area contributed by atoms with Crippen molar-refractivity contribution in [2.45, 2.75) is 37.8 Å². The molecule has 5 aromatic carbocycles. The molecule has 0 aromatic heterocycles. The molecule has 1 aliphatic carbocycles. The van der Waals surface area contributed by atoms with E-state index in [9.17, 15) is 9.59 Å². The molecule has 0 spiro atoms. The summed E-state index contributed by atoms with van der Waals surface area (Å²) in [7, 11) is 0. The lowest BCUT2D eigenvalue weighted by Crippen LogP contribution is -2.42. The Bertz CT molecular complexity index is 2110. The fraction of sp³-hybridized carbons (Fsp3) is 0.158. The van der Waals surface area contributed by atoms with Crippen molar-refractivity contribution in [1.82, 2.24) is 0 Å². The summed E-state index contributed by atoms with van der Waals surface area (Å²) >= 11 is 0. The molecule has 0 saturated carbocycles.